The number of hydrogen-bond donors (Lipinski definition) is 2. The van der Waals surface area contributed by atoms with Crippen molar-refractivity contribution in [3.63, 3.8) is 0 Å². The van der Waals surface area contributed by atoms with Gasteiger partial charge in [0, 0.05) is 6.54 Å². The Hall–Kier alpha value is -3.67. The van der Waals surface area contributed by atoms with Gasteiger partial charge in [-0.1, -0.05) is 66.7 Å². The lowest BCUT2D eigenvalue weighted by Crippen LogP contribution is -2.44. The topological polar surface area (TPSA) is 84.5 Å². The van der Waals surface area contributed by atoms with Crippen molar-refractivity contribution in [2.75, 3.05) is 0 Å². The second kappa shape index (κ2) is 8.81. The molecule has 6 nitrogen and oxygen atoms in total. The Morgan fingerprint density at radius 3 is 2.36 bits per heavy atom. The second-order valence-electron chi connectivity index (χ2n) is 6.23. The van der Waals surface area contributed by atoms with Gasteiger partial charge in [-0.15, -0.1) is 0 Å². The van der Waals surface area contributed by atoms with E-state index in [1.807, 2.05) is 60.7 Å². The molecule has 0 radical (unpaired) electrons. The summed E-state index contributed by atoms with van der Waals surface area (Å²) in [6.45, 7) is 1.70. The Morgan fingerprint density at radius 1 is 0.893 bits per heavy atom. The molecule has 0 heterocycles. The number of nitrogens with one attached hydrogen (secondary N) is 2. The molecule has 0 spiro atoms. The van der Waals surface area contributed by atoms with Crippen molar-refractivity contribution < 1.29 is 19.1 Å². The Bertz CT molecular complexity index is 996. The van der Waals surface area contributed by atoms with Crippen LogP contribution in [0, 0.1) is 0 Å². The van der Waals surface area contributed by atoms with Crippen molar-refractivity contribution >= 4 is 28.7 Å². The van der Waals surface area contributed by atoms with Crippen LogP contribution in [0.15, 0.2) is 72.8 Å². The third kappa shape index (κ3) is 4.73. The molecular weight excluding hydrogens is 356 g/mol. The number of ether oxygens (including phenoxy) is 1. The average Bonchev–Trinajstić information content (AvgIpc) is 2.72. The Labute approximate surface area is 162 Å². The van der Waals surface area contributed by atoms with E-state index in [1.165, 1.54) is 6.92 Å². The highest BCUT2D eigenvalue weighted by molar-refractivity contribution is 6.05. The van der Waals surface area contributed by atoms with Crippen molar-refractivity contribution in [1.29, 1.82) is 0 Å². The predicted molar refractivity (Wildman–Crippen MR) is 106 cm³/mol. The number of benzene rings is 3. The molecule has 0 bridgehead atoms. The summed E-state index contributed by atoms with van der Waals surface area (Å²) >= 11 is 0. The Kier molecular flexibility index (Phi) is 6.01. The van der Waals surface area contributed by atoms with Crippen LogP contribution >= 0.6 is 0 Å². The number of imide groups is 1. The first-order valence-electron chi connectivity index (χ1n) is 8.86. The van der Waals surface area contributed by atoms with E-state index in [2.05, 4.69) is 10.6 Å². The fourth-order valence-electron chi connectivity index (χ4n) is 2.72. The van der Waals surface area contributed by atoms with Crippen LogP contribution in [-0.4, -0.2) is 24.0 Å². The van der Waals surface area contributed by atoms with Crippen molar-refractivity contribution in [3.8, 4) is 0 Å². The Balaban J connectivity index is 1.56. The molecule has 3 aromatic rings. The van der Waals surface area contributed by atoms with Crippen molar-refractivity contribution in [2.24, 2.45) is 0 Å². The second-order valence-corrected chi connectivity index (χ2v) is 6.23. The molecule has 0 aliphatic heterocycles. The molecule has 0 fully saturated rings. The van der Waals surface area contributed by atoms with Crippen LogP contribution in [0.25, 0.3) is 10.8 Å². The molecule has 6 heteroatoms. The maximum Gasteiger partial charge on any atom is 0.339 e. The molecule has 0 aromatic heterocycles. The van der Waals surface area contributed by atoms with Gasteiger partial charge in [0.1, 0.15) is 0 Å². The zero-order chi connectivity index (χ0) is 19.9. The molecule has 142 valence electrons. The fraction of sp³-hybridized carbons (Fsp3) is 0.136. The van der Waals surface area contributed by atoms with Crippen molar-refractivity contribution in [2.45, 2.75) is 19.6 Å². The average molecular weight is 376 g/mol. The summed E-state index contributed by atoms with van der Waals surface area (Å²) in [5.74, 6) is -1.32. The highest BCUT2D eigenvalue weighted by Gasteiger charge is 2.21. The minimum Gasteiger partial charge on any atom is -0.449 e. The minimum absolute atomic E-state index is 0.282. The molecule has 3 rings (SSSR count). The normalized spacial score (nSPS) is 11.5. The van der Waals surface area contributed by atoms with Gasteiger partial charge >= 0.3 is 12.0 Å². The summed E-state index contributed by atoms with van der Waals surface area (Å²) in [4.78, 5) is 36.5. The molecule has 0 saturated heterocycles. The number of fused-ring (bicyclic) bond motifs is 1. The van der Waals surface area contributed by atoms with Crippen LogP contribution in [0.4, 0.5) is 4.79 Å². The first kappa shape index (κ1) is 19.1. The van der Waals surface area contributed by atoms with Gasteiger partial charge in [0.05, 0.1) is 5.56 Å². The van der Waals surface area contributed by atoms with E-state index in [1.54, 1.807) is 12.1 Å². The van der Waals surface area contributed by atoms with Gasteiger partial charge < -0.3 is 10.1 Å². The third-order valence-corrected chi connectivity index (χ3v) is 4.20. The van der Waals surface area contributed by atoms with Crippen molar-refractivity contribution in [3.05, 3.63) is 83.9 Å². The number of urea groups is 1. The van der Waals surface area contributed by atoms with Crippen LogP contribution in [-0.2, 0) is 16.1 Å². The molecule has 1 atom stereocenters. The van der Waals surface area contributed by atoms with E-state index in [0.29, 0.717) is 5.56 Å². The molecule has 1 unspecified atom stereocenters. The molecule has 28 heavy (non-hydrogen) atoms. The Morgan fingerprint density at radius 2 is 1.57 bits per heavy atom. The largest absolute Gasteiger partial charge is 0.449 e. The van der Waals surface area contributed by atoms with E-state index < -0.39 is 24.0 Å². The summed E-state index contributed by atoms with van der Waals surface area (Å²) in [6.07, 6.45) is -1.12. The number of hydrogen-bond acceptors (Lipinski definition) is 4. The quantitative estimate of drug-likeness (QED) is 0.669. The van der Waals surface area contributed by atoms with E-state index in [0.717, 1.165) is 16.3 Å². The fourth-order valence-corrected chi connectivity index (χ4v) is 2.72. The smallest absolute Gasteiger partial charge is 0.339 e. The summed E-state index contributed by atoms with van der Waals surface area (Å²) in [7, 11) is 0. The number of carbonyl (C=O) groups is 3. The van der Waals surface area contributed by atoms with E-state index >= 15 is 0 Å². The zero-order valence-electron chi connectivity index (χ0n) is 15.3. The van der Waals surface area contributed by atoms with Gasteiger partial charge in [-0.2, -0.15) is 0 Å². The van der Waals surface area contributed by atoms with Crippen LogP contribution in [0.2, 0.25) is 0 Å². The lowest BCUT2D eigenvalue weighted by Gasteiger charge is -2.14. The highest BCUT2D eigenvalue weighted by atomic mass is 16.5. The molecule has 0 aliphatic rings. The van der Waals surface area contributed by atoms with Gasteiger partial charge in [-0.05, 0) is 29.3 Å². The van der Waals surface area contributed by atoms with Gasteiger partial charge in [0.2, 0.25) is 0 Å². The lowest BCUT2D eigenvalue weighted by atomic mass is 10.0. The molecule has 3 amide bonds. The minimum atomic E-state index is -1.12. The molecule has 2 N–H and O–H groups in total. The zero-order valence-corrected chi connectivity index (χ0v) is 15.3. The third-order valence-electron chi connectivity index (χ3n) is 4.20. The van der Waals surface area contributed by atoms with E-state index in [9.17, 15) is 14.4 Å². The maximum atomic E-state index is 12.5. The SMILES string of the molecule is CC(OC(=O)c1cccc2ccccc12)C(=O)NC(=O)NCc1ccccc1. The molecular formula is C22H20N2O4. The van der Waals surface area contributed by atoms with Gasteiger partial charge in [0.25, 0.3) is 5.91 Å². The monoisotopic (exact) mass is 376 g/mol. The predicted octanol–water partition coefficient (Wildman–Crippen LogP) is 3.41. The molecule has 0 saturated carbocycles. The summed E-state index contributed by atoms with van der Waals surface area (Å²) in [5, 5.41) is 6.40. The number of carbonyl (C=O) groups excluding carboxylic acids is 3. The van der Waals surface area contributed by atoms with Gasteiger partial charge in [-0.25, -0.2) is 9.59 Å². The first-order valence-corrected chi connectivity index (χ1v) is 8.86. The molecule has 0 aliphatic carbocycles. The van der Waals surface area contributed by atoms with Gasteiger partial charge in [0.15, 0.2) is 6.10 Å². The summed E-state index contributed by atoms with van der Waals surface area (Å²) in [6, 6.07) is 21.3. The molecule has 3 aromatic carbocycles. The van der Waals surface area contributed by atoms with Gasteiger partial charge in [-0.3, -0.25) is 10.1 Å². The maximum absolute atomic E-state index is 12.5. The summed E-state index contributed by atoms with van der Waals surface area (Å²) in [5.41, 5.74) is 1.27. The number of amides is 3. The van der Waals surface area contributed by atoms with Crippen LogP contribution in [0.1, 0.15) is 22.8 Å². The number of esters is 1. The highest BCUT2D eigenvalue weighted by Crippen LogP contribution is 2.19. The van der Waals surface area contributed by atoms with E-state index in [4.69, 9.17) is 4.74 Å². The van der Waals surface area contributed by atoms with Crippen LogP contribution in [0.5, 0.6) is 0 Å². The standard InChI is InChI=1S/C22H20N2O4/c1-15(20(25)24-22(27)23-14-16-8-3-2-4-9-16)28-21(26)19-13-7-11-17-10-5-6-12-18(17)19/h2-13,15H,14H2,1H3,(H2,23,24,25,27). The first-order chi connectivity index (χ1) is 13.5. The van der Waals surface area contributed by atoms with E-state index in [-0.39, 0.29) is 6.54 Å². The number of rotatable bonds is 5. The van der Waals surface area contributed by atoms with Crippen molar-refractivity contribution in [1.82, 2.24) is 10.6 Å². The van der Waals surface area contributed by atoms with Crippen LogP contribution in [0.3, 0.4) is 0 Å². The lowest BCUT2D eigenvalue weighted by molar-refractivity contribution is -0.127. The summed E-state index contributed by atoms with van der Waals surface area (Å²) < 4.78 is 5.24. The van der Waals surface area contributed by atoms with Crippen LogP contribution < -0.4 is 10.6 Å².